The summed E-state index contributed by atoms with van der Waals surface area (Å²) in [5.41, 5.74) is 3.45. The molecule has 0 aromatic heterocycles. The van der Waals surface area contributed by atoms with Crippen LogP contribution in [0.25, 0.3) is 11.1 Å². The molecule has 2 aromatic carbocycles. The van der Waals surface area contributed by atoms with E-state index in [4.69, 9.17) is 4.11 Å². The fourth-order valence-corrected chi connectivity index (χ4v) is 6.30. The van der Waals surface area contributed by atoms with Gasteiger partial charge in [0.15, 0.2) is 0 Å². The molecule has 35 heavy (non-hydrogen) atoms. The maximum absolute atomic E-state index is 15.3. The minimum atomic E-state index is -1.38. The number of rotatable bonds is 11. The molecule has 0 nitrogen and oxygen atoms in total. The van der Waals surface area contributed by atoms with Gasteiger partial charge in [-0.05, 0) is 97.7 Å². The van der Waals surface area contributed by atoms with E-state index >= 15 is 4.39 Å². The van der Waals surface area contributed by atoms with E-state index < -0.39 is 18.7 Å². The Labute approximate surface area is 219 Å². The van der Waals surface area contributed by atoms with Crippen LogP contribution in [-0.2, 0) is 0 Å². The van der Waals surface area contributed by atoms with Gasteiger partial charge in [-0.25, -0.2) is 4.39 Å². The van der Waals surface area contributed by atoms with Gasteiger partial charge in [0.25, 0.3) is 0 Å². The first-order chi connectivity index (χ1) is 18.3. The highest BCUT2D eigenvalue weighted by molar-refractivity contribution is 5.65. The monoisotopic (exact) mass is 479 g/mol. The van der Waals surface area contributed by atoms with Crippen molar-refractivity contribution in [3.8, 4) is 11.1 Å². The van der Waals surface area contributed by atoms with E-state index in [-0.39, 0.29) is 5.82 Å². The lowest BCUT2D eigenvalue weighted by molar-refractivity contribution is 0.302. The van der Waals surface area contributed by atoms with Gasteiger partial charge >= 0.3 is 0 Å². The fraction of sp³-hybridized carbons (Fsp3) is 0.647. The standard InChI is InChI=1S/C34H49F/c1-3-5-7-9-26-11-15-28(16-12-26)29-19-21-31(22-20-29)33-24-23-32(25-34(33)35)30-17-13-27(14-18-30)10-8-6-4-2/h19-28,30H,3-18H2,1-2H3/t26-,27?,28-,30?/i15D,16D2/t15?,26-,27?,28-,30?/m0/s1. The number of halogens is 1. The highest BCUT2D eigenvalue weighted by Gasteiger charge is 2.24. The largest absolute Gasteiger partial charge is 0.206 e. The Morgan fingerprint density at radius 3 is 1.94 bits per heavy atom. The molecular weight excluding hydrogens is 427 g/mol. The van der Waals surface area contributed by atoms with Crippen LogP contribution in [0.15, 0.2) is 42.5 Å². The maximum atomic E-state index is 15.3. The lowest BCUT2D eigenvalue weighted by atomic mass is 9.76. The Hall–Kier alpha value is -1.63. The third-order valence-electron chi connectivity index (χ3n) is 8.66. The minimum absolute atomic E-state index is 0.165. The van der Waals surface area contributed by atoms with E-state index in [1.807, 2.05) is 30.3 Å². The maximum Gasteiger partial charge on any atom is 0.131 e. The van der Waals surface area contributed by atoms with Crippen molar-refractivity contribution in [2.24, 2.45) is 11.8 Å². The van der Waals surface area contributed by atoms with Crippen LogP contribution in [0.3, 0.4) is 0 Å². The van der Waals surface area contributed by atoms with E-state index in [1.165, 1.54) is 64.2 Å². The zero-order valence-corrected chi connectivity index (χ0v) is 22.2. The molecule has 2 aromatic rings. The summed E-state index contributed by atoms with van der Waals surface area (Å²) in [5, 5.41) is 0. The molecule has 1 heteroatoms. The van der Waals surface area contributed by atoms with Gasteiger partial charge in [-0.15, -0.1) is 0 Å². The Bertz CT molecular complexity index is 993. The highest BCUT2D eigenvalue weighted by atomic mass is 19.1. The van der Waals surface area contributed by atoms with Crippen molar-refractivity contribution in [3.05, 3.63) is 59.4 Å². The van der Waals surface area contributed by atoms with E-state index in [1.54, 1.807) is 6.07 Å². The zero-order chi connectivity index (χ0) is 27.1. The first kappa shape index (κ1) is 22.6. The van der Waals surface area contributed by atoms with Gasteiger partial charge in [0.05, 0.1) is 0 Å². The van der Waals surface area contributed by atoms with Crippen molar-refractivity contribution < 1.29 is 8.50 Å². The second-order valence-electron chi connectivity index (χ2n) is 11.3. The fourth-order valence-electron chi connectivity index (χ4n) is 6.30. The third kappa shape index (κ3) is 7.43. The van der Waals surface area contributed by atoms with Gasteiger partial charge in [0, 0.05) is 9.68 Å². The molecule has 0 heterocycles. The van der Waals surface area contributed by atoms with Crippen molar-refractivity contribution in [1.29, 1.82) is 0 Å². The molecule has 0 spiro atoms. The van der Waals surface area contributed by atoms with Gasteiger partial charge in [-0.3, -0.25) is 0 Å². The second kappa shape index (κ2) is 13.6. The average molecular weight is 480 g/mol. The molecule has 0 N–H and O–H groups in total. The topological polar surface area (TPSA) is 0 Å². The van der Waals surface area contributed by atoms with Crippen molar-refractivity contribution in [1.82, 2.24) is 0 Å². The number of benzene rings is 2. The SMILES string of the molecule is [2H]C1C[C@H](CCCCC)CC([2H])([2H])[C@H]1c1ccc(-c2ccc(C3CCC(CCCCC)CC3)cc2F)cc1. The molecule has 2 saturated carbocycles. The summed E-state index contributed by atoms with van der Waals surface area (Å²) in [4.78, 5) is 0. The molecule has 3 atom stereocenters. The van der Waals surface area contributed by atoms with E-state index in [0.29, 0.717) is 23.8 Å². The van der Waals surface area contributed by atoms with Crippen LogP contribution < -0.4 is 0 Å². The summed E-state index contributed by atoms with van der Waals surface area (Å²) < 4.78 is 41.6. The number of unbranched alkanes of at least 4 members (excludes halogenated alkanes) is 4. The van der Waals surface area contributed by atoms with Gasteiger partial charge in [-0.1, -0.05) is 102 Å². The Kier molecular flexibility index (Phi) is 8.78. The Morgan fingerprint density at radius 1 is 0.714 bits per heavy atom. The van der Waals surface area contributed by atoms with Crippen molar-refractivity contribution in [3.63, 3.8) is 0 Å². The van der Waals surface area contributed by atoms with Crippen LogP contribution in [0.5, 0.6) is 0 Å². The van der Waals surface area contributed by atoms with Crippen molar-refractivity contribution in [2.75, 3.05) is 0 Å². The summed E-state index contributed by atoms with van der Waals surface area (Å²) in [6.07, 6.45) is 14.2. The van der Waals surface area contributed by atoms with Gasteiger partial charge in [-0.2, -0.15) is 0 Å². The summed E-state index contributed by atoms with van der Waals surface area (Å²) in [6, 6.07) is 13.5. The zero-order valence-electron chi connectivity index (χ0n) is 25.2. The lowest BCUT2D eigenvalue weighted by Crippen LogP contribution is -2.13. The predicted molar refractivity (Wildman–Crippen MR) is 150 cm³/mol. The van der Waals surface area contributed by atoms with Crippen molar-refractivity contribution in [2.45, 2.75) is 128 Å². The quantitative estimate of drug-likeness (QED) is 0.281. The van der Waals surface area contributed by atoms with Crippen LogP contribution in [0, 0.1) is 17.7 Å². The molecule has 2 fully saturated rings. The van der Waals surface area contributed by atoms with Crippen molar-refractivity contribution >= 4 is 0 Å². The van der Waals surface area contributed by atoms with E-state index in [2.05, 4.69) is 19.9 Å². The van der Waals surface area contributed by atoms with E-state index in [9.17, 15) is 0 Å². The molecule has 2 aliphatic rings. The number of hydrogen-bond donors (Lipinski definition) is 0. The van der Waals surface area contributed by atoms with Gasteiger partial charge in [0.2, 0.25) is 0 Å². The first-order valence-corrected chi connectivity index (χ1v) is 14.6. The molecule has 0 aliphatic heterocycles. The molecule has 0 radical (unpaired) electrons. The molecule has 4 rings (SSSR count). The van der Waals surface area contributed by atoms with Gasteiger partial charge < -0.3 is 0 Å². The molecule has 0 bridgehead atoms. The second-order valence-corrected chi connectivity index (χ2v) is 11.3. The molecular formula is C34H49F. The molecule has 2 aliphatic carbocycles. The van der Waals surface area contributed by atoms with Crippen LogP contribution in [0.2, 0.25) is 0 Å². The third-order valence-corrected chi connectivity index (χ3v) is 8.66. The smallest absolute Gasteiger partial charge is 0.131 e. The van der Waals surface area contributed by atoms with Crippen LogP contribution in [0.1, 0.15) is 144 Å². The van der Waals surface area contributed by atoms with Crippen LogP contribution in [-0.4, -0.2) is 0 Å². The molecule has 1 unspecified atom stereocenters. The normalized spacial score (nSPS) is 29.8. The summed E-state index contributed by atoms with van der Waals surface area (Å²) in [6.45, 7) is 4.45. The van der Waals surface area contributed by atoms with Gasteiger partial charge in [0.1, 0.15) is 5.82 Å². The Morgan fingerprint density at radius 2 is 1.34 bits per heavy atom. The lowest BCUT2D eigenvalue weighted by Gasteiger charge is -2.29. The first-order valence-electron chi connectivity index (χ1n) is 16.2. The van der Waals surface area contributed by atoms with Crippen LogP contribution >= 0.6 is 0 Å². The Balaban J connectivity index is 1.39. The minimum Gasteiger partial charge on any atom is -0.206 e. The molecule has 192 valence electrons. The summed E-state index contributed by atoms with van der Waals surface area (Å²) >= 11 is 0. The summed E-state index contributed by atoms with van der Waals surface area (Å²) in [7, 11) is 0. The van der Waals surface area contributed by atoms with Crippen LogP contribution in [0.4, 0.5) is 4.39 Å². The molecule has 0 saturated heterocycles. The highest BCUT2D eigenvalue weighted by Crippen LogP contribution is 2.40. The summed E-state index contributed by atoms with van der Waals surface area (Å²) in [5.74, 6) is 1.03. The predicted octanol–water partition coefficient (Wildman–Crippen LogP) is 11.2. The number of hydrogen-bond acceptors (Lipinski definition) is 0. The average Bonchev–Trinajstić information content (AvgIpc) is 2.89. The van der Waals surface area contributed by atoms with E-state index in [0.717, 1.165) is 41.9 Å². The molecule has 0 amide bonds.